The van der Waals surface area contributed by atoms with E-state index in [0.717, 1.165) is 32.8 Å². The van der Waals surface area contributed by atoms with E-state index < -0.39 is 253 Å². The molecule has 138 heavy (non-hydrogen) atoms. The Labute approximate surface area is 815 Å². The molecular weight excluding hydrogens is 2050 g/mol. The molecule has 806 valence electrons. The lowest BCUT2D eigenvalue weighted by Gasteiger charge is -2.52. The normalized spacial score (nSPS) is 34.7. The van der Waals surface area contributed by atoms with E-state index in [-0.39, 0.29) is 113 Å². The van der Waals surface area contributed by atoms with Gasteiger partial charge in [-0.3, -0.25) is 44.8 Å². The Bertz CT molecular complexity index is 3840. The predicted molar refractivity (Wildman–Crippen MR) is 456 cm³/mol. The summed E-state index contributed by atoms with van der Waals surface area (Å²) in [5.41, 5.74) is 0. The molecule has 8 aliphatic rings. The number of hydrogen-bond acceptors (Lipinski definition) is 57. The van der Waals surface area contributed by atoms with Gasteiger partial charge in [-0.1, -0.05) is 39.4 Å². The molecule has 33 atom stereocenters. The van der Waals surface area contributed by atoms with E-state index in [9.17, 15) is 63.3 Å². The van der Waals surface area contributed by atoms with E-state index in [4.69, 9.17) is 150 Å². The molecule has 15 unspecified atom stereocenters. The SMILES string of the molecule is COCC1O[C@@H](O[C@H]2C(OC)C(OC)[C@@H](O[C@H]3C(OC)C(OC)[C@H](OC)O[C@H]3COC)O[C@H]2COC)C(OC)[C@@H](OC)[C@@H]1O[C@@H]1OC(CNC(=O)CCCCCNC(=O)CCCCCNC(=O)CCCCC2SCC3NC(=O)NC32)[C@@H](O[C@@H]2O[C@@H](COS(=O)(=O)O)[C@@H](O[C@H]3O[C@@H](COS(=O)(=O)O)[C@@H](OSOOO)C(OSOOO)C3OSOOO)C(OSOOO)C2OS(=O)(=O)O)[C@H](OC)C1OC. The van der Waals surface area contributed by atoms with Crippen molar-refractivity contribution in [2.45, 2.75) is 279 Å². The van der Waals surface area contributed by atoms with Crippen LogP contribution in [0.2, 0.25) is 0 Å². The molecule has 0 aromatic heterocycles. The van der Waals surface area contributed by atoms with Crippen LogP contribution in [0.15, 0.2) is 0 Å². The molecule has 5 amide bonds. The van der Waals surface area contributed by atoms with Gasteiger partial charge in [-0.25, -0.2) is 38.4 Å². The quantitative estimate of drug-likeness (QED) is 0.00909. The van der Waals surface area contributed by atoms with Crippen molar-refractivity contribution in [1.82, 2.24) is 26.6 Å². The number of carbonyl (C=O) groups excluding carboxylic acids is 4. The second-order valence-electron chi connectivity index (χ2n) is 31.0. The molecule has 0 radical (unpaired) electrons. The van der Waals surface area contributed by atoms with Gasteiger partial charge in [0.1, 0.15) is 134 Å². The fourth-order valence-electron chi connectivity index (χ4n) is 16.7. The van der Waals surface area contributed by atoms with Crippen LogP contribution in [0.25, 0.3) is 0 Å². The van der Waals surface area contributed by atoms with Gasteiger partial charge in [-0.05, 0) is 38.5 Å². The average molecular weight is 2170 g/mol. The topological polar surface area (TPSA) is 723 Å². The molecule has 8 rings (SSSR count). The third kappa shape index (κ3) is 36.8. The van der Waals surface area contributed by atoms with E-state index in [1.807, 2.05) is 11.8 Å². The highest BCUT2D eigenvalue weighted by atomic mass is 32.3. The zero-order valence-electron chi connectivity index (χ0n) is 76.4. The van der Waals surface area contributed by atoms with E-state index in [1.165, 1.54) is 71.1 Å². The van der Waals surface area contributed by atoms with E-state index in [1.54, 1.807) is 0 Å². The van der Waals surface area contributed by atoms with Crippen molar-refractivity contribution < 1.29 is 255 Å². The predicted octanol–water partition coefficient (Wildman–Crippen LogP) is -0.532. The number of amides is 5. The second-order valence-corrected chi connectivity index (χ2v) is 37.3. The monoisotopic (exact) mass is 2170 g/mol. The highest BCUT2D eigenvalue weighted by Crippen LogP contribution is 2.45. The Morgan fingerprint density at radius 1 is 0.362 bits per heavy atom. The minimum absolute atomic E-state index is 0.00129. The summed E-state index contributed by atoms with van der Waals surface area (Å²) in [6, 6.07) is 0.0735. The Morgan fingerprint density at radius 2 is 0.688 bits per heavy atom. The van der Waals surface area contributed by atoms with Crippen molar-refractivity contribution in [2.24, 2.45) is 0 Å². The summed E-state index contributed by atoms with van der Waals surface area (Å²) in [5.74, 6) is -0.0769. The van der Waals surface area contributed by atoms with Crippen molar-refractivity contribution in [3.8, 4) is 0 Å². The van der Waals surface area contributed by atoms with Gasteiger partial charge in [0, 0.05) is 135 Å². The minimum Gasteiger partial charge on any atom is -0.382 e. The largest absolute Gasteiger partial charge is 0.397 e. The number of fused-ring (bicyclic) bond motifs is 1. The van der Waals surface area contributed by atoms with Crippen LogP contribution in [-0.4, -0.2) is 429 Å². The molecule has 8 heterocycles. The van der Waals surface area contributed by atoms with E-state index >= 15 is 0 Å². The van der Waals surface area contributed by atoms with Gasteiger partial charge in [0.05, 0.1) is 45.1 Å². The molecule has 0 bridgehead atoms. The summed E-state index contributed by atoms with van der Waals surface area (Å²) in [4.78, 5) is 51.6. The van der Waals surface area contributed by atoms with Crippen LogP contribution in [-0.2, 0) is 221 Å². The molecule has 0 aromatic carbocycles. The second kappa shape index (κ2) is 62.7. The summed E-state index contributed by atoms with van der Waals surface area (Å²) in [6.07, 6.45) is -43.9. The summed E-state index contributed by atoms with van der Waals surface area (Å²) in [6.45, 7) is -3.44. The first-order chi connectivity index (χ1) is 66.3. The van der Waals surface area contributed by atoms with E-state index in [2.05, 4.69) is 68.3 Å². The van der Waals surface area contributed by atoms with Gasteiger partial charge < -0.3 is 136 Å². The van der Waals surface area contributed by atoms with Crippen LogP contribution in [0.5, 0.6) is 0 Å². The molecule has 8 aliphatic heterocycles. The molecule has 0 aromatic rings. The minimum atomic E-state index is -6.00. The number of unbranched alkanes of at least 4 members (excludes halogenated alkanes) is 5. The van der Waals surface area contributed by atoms with Gasteiger partial charge in [0.25, 0.3) is 0 Å². The van der Waals surface area contributed by atoms with Crippen molar-refractivity contribution >= 4 is 116 Å². The van der Waals surface area contributed by atoms with Gasteiger partial charge in [-0.2, -0.15) is 37.0 Å². The Morgan fingerprint density at radius 3 is 1.07 bits per heavy atom. The lowest BCUT2D eigenvalue weighted by Crippen LogP contribution is -2.69. The molecule has 0 saturated carbocycles. The highest BCUT2D eigenvalue weighted by Gasteiger charge is 2.62. The Balaban J connectivity index is 1.08. The number of thioether (sulfide) groups is 1. The van der Waals surface area contributed by atoms with Crippen LogP contribution in [0, 0.1) is 0 Å². The fourth-order valence-corrected chi connectivity index (χ4v) is 20.8. The lowest BCUT2D eigenvalue weighted by molar-refractivity contribution is -0.437. The maximum atomic E-state index is 14.3. The smallest absolute Gasteiger partial charge is 0.382 e. The molecule has 8 fully saturated rings. The van der Waals surface area contributed by atoms with Gasteiger partial charge in [-0.15, -0.1) is 17.3 Å². The Kier molecular flexibility index (Phi) is 54.8. The van der Waals surface area contributed by atoms with Gasteiger partial charge >= 0.3 is 37.2 Å². The van der Waals surface area contributed by atoms with Gasteiger partial charge in [0.2, 0.25) is 17.7 Å². The molecule has 68 heteroatoms. The molecular formula is C70H123N5O55S8. The number of methoxy groups -OCH3 is 12. The molecule has 0 aliphatic carbocycles. The number of carbonyl (C=O) groups is 4. The Hall–Kier alpha value is -2.52. The lowest BCUT2D eigenvalue weighted by atomic mass is 9.94. The summed E-state index contributed by atoms with van der Waals surface area (Å²) >= 11 is 0.538. The zero-order valence-corrected chi connectivity index (χ0v) is 82.9. The highest BCUT2D eigenvalue weighted by molar-refractivity contribution is 8.00. The number of nitrogens with one attached hydrogen (secondary N) is 5. The average Bonchev–Trinajstić information content (AvgIpc) is 0.871. The standard InChI is InChI=1S/C70H123N5O55S8/c1-93-28-36-47(53(97-5)58(100-8)64(104-12)108-36)115-66-61(103-11)55(99-7)49(38(110-66)30-95-3)116-67-60(102-10)54(98-6)48(37(109-67)29-94-2)114-65-59(101-9)52(96-4)46(35(107-65)27-73-44(78)23-16-14-20-25-71-42(76)22-15-13-19-26-72-43(77)24-18-17-21-41-45-34(33-131-41)74-70(79)75-45)113-69-63(122-138(90,91)92)56(119-133-128-124-81)50(39(111-69)31-105-136(84,85)86)117-68-62(121-135-130-126-83)57(120-134-129-125-82)51(118-132-127-123-80)40(112-68)32-106-137(87,88)89/h34-41,45-69,80-83H,13-33H2,1-12H3,(H,71,76)(H,72,77)(H,73,78)(H2,74,75,79)(H,84,85,86)(H,87,88,89)(H,90,91,92)/t34?,35?,36-,37?,38-,39-,40-,41?,45?,46+,47+,48+,49+,50+,51+,52-,53?,54-,55?,56?,57?,58?,59?,60?,61?,62?,63?,64+,65-,66+,67-,68+,69-/m0/s1. The van der Waals surface area contributed by atoms with Crippen LogP contribution in [0.1, 0.15) is 77.0 Å². The van der Waals surface area contributed by atoms with E-state index in [0.29, 0.717) is 56.7 Å². The molecule has 60 nitrogen and oxygen atoms in total. The van der Waals surface area contributed by atoms with Gasteiger partial charge in [0.15, 0.2) is 99.2 Å². The maximum Gasteiger partial charge on any atom is 0.397 e. The van der Waals surface area contributed by atoms with Crippen molar-refractivity contribution in [3.05, 3.63) is 0 Å². The summed E-state index contributed by atoms with van der Waals surface area (Å²) < 4.78 is 306. The molecule has 12 N–H and O–H groups in total. The van der Waals surface area contributed by atoms with Crippen LogP contribution < -0.4 is 26.6 Å². The summed E-state index contributed by atoms with van der Waals surface area (Å²) in [5, 5.41) is 65.9. The molecule has 0 spiro atoms. The maximum absolute atomic E-state index is 14.3. The van der Waals surface area contributed by atoms with Crippen LogP contribution in [0.4, 0.5) is 4.79 Å². The van der Waals surface area contributed by atoms with Crippen molar-refractivity contribution in [1.29, 1.82) is 0 Å². The molecule has 8 saturated heterocycles. The number of ether oxygens (including phenoxy) is 23. The van der Waals surface area contributed by atoms with Crippen molar-refractivity contribution in [3.63, 3.8) is 0 Å². The third-order valence-electron chi connectivity index (χ3n) is 22.6. The number of urea groups is 1. The summed E-state index contributed by atoms with van der Waals surface area (Å²) in [7, 11) is -0.970. The van der Waals surface area contributed by atoms with Crippen LogP contribution in [0.3, 0.4) is 0 Å². The zero-order chi connectivity index (χ0) is 101. The number of rotatable bonds is 68. The van der Waals surface area contributed by atoms with Crippen molar-refractivity contribution in [2.75, 3.05) is 144 Å². The van der Waals surface area contributed by atoms with Crippen LogP contribution >= 0.6 is 61.1 Å². The first kappa shape index (κ1) is 121. The first-order valence-electron chi connectivity index (χ1n) is 42.3. The fraction of sp³-hybridized carbons (Fsp3) is 0.943. The number of hydrogen-bond donors (Lipinski definition) is 12. The first-order valence-corrected chi connectivity index (χ1v) is 50.1. The third-order valence-corrected chi connectivity index (χ3v) is 27.1.